The van der Waals surface area contributed by atoms with E-state index in [0.29, 0.717) is 0 Å². The molecule has 1 rings (SSSR count). The fourth-order valence-corrected chi connectivity index (χ4v) is 0.513. The third kappa shape index (κ3) is 4.06. The quantitative estimate of drug-likeness (QED) is 0.614. The van der Waals surface area contributed by atoms with Crippen LogP contribution in [0.3, 0.4) is 0 Å². The van der Waals surface area contributed by atoms with Gasteiger partial charge in [0.15, 0.2) is 0 Å². The first kappa shape index (κ1) is 12.8. The minimum absolute atomic E-state index is 0. The molecule has 0 aromatic carbocycles. The zero-order valence-electron chi connectivity index (χ0n) is 5.04. The van der Waals surface area contributed by atoms with Gasteiger partial charge in [-0.25, -0.2) is 0 Å². The van der Waals surface area contributed by atoms with Crippen LogP contribution in [0.4, 0.5) is 0 Å². The van der Waals surface area contributed by atoms with Gasteiger partial charge in [-0.15, -0.1) is 23.2 Å². The third-order valence-corrected chi connectivity index (χ3v) is 0.807. The molecule has 0 unspecified atom stereocenters. The second-order valence-electron chi connectivity index (χ2n) is 0.973. The van der Waals surface area contributed by atoms with E-state index in [1.165, 1.54) is 0 Å². The molecule has 0 aliphatic rings. The molecule has 0 saturated heterocycles. The van der Waals surface area contributed by atoms with Crippen molar-refractivity contribution in [1.82, 2.24) is 15.0 Å². The summed E-state index contributed by atoms with van der Waals surface area (Å²) in [6.45, 7) is 0. The maximum Gasteiger partial charge on any atom is 2.00 e. The van der Waals surface area contributed by atoms with Crippen LogP contribution < -0.4 is 0 Å². The molecular weight excluding hydrogens is 212 g/mol. The summed E-state index contributed by atoms with van der Waals surface area (Å²) in [5, 5.41) is 0.120. The second kappa shape index (κ2) is 5.92. The van der Waals surface area contributed by atoms with Crippen molar-refractivity contribution in [2.45, 2.75) is 0 Å². The van der Waals surface area contributed by atoms with Crippen molar-refractivity contribution < 1.29 is 18.6 Å². The van der Waals surface area contributed by atoms with E-state index in [9.17, 15) is 0 Å². The van der Waals surface area contributed by atoms with Gasteiger partial charge in [0, 0.05) is 6.33 Å². The molecule has 3 nitrogen and oxygen atoms in total. The molecule has 1 aromatic heterocycles. The Morgan fingerprint density at radius 2 is 1.50 bits per heavy atom. The smallest absolute Gasteiger partial charge is 0.358 e. The van der Waals surface area contributed by atoms with Crippen molar-refractivity contribution in [3.63, 3.8) is 0 Å². The number of nitrogens with zero attached hydrogens (tertiary/aromatic N) is 3. The molecule has 0 aliphatic carbocycles. The molecule has 0 N–H and O–H groups in total. The van der Waals surface area contributed by atoms with Gasteiger partial charge in [0.1, 0.15) is 10.6 Å². The Morgan fingerprint density at radius 1 is 1.10 bits per heavy atom. The summed E-state index contributed by atoms with van der Waals surface area (Å²) in [5.74, 6) is 0. The second-order valence-corrected chi connectivity index (χ2v) is 1.65. The van der Waals surface area contributed by atoms with E-state index in [2.05, 4.69) is 21.3 Å². The first-order valence-corrected chi connectivity index (χ1v) is 2.48. The van der Waals surface area contributed by atoms with Crippen LogP contribution in [0.5, 0.6) is 0 Å². The Morgan fingerprint density at radius 3 is 1.70 bits per heavy atom. The molecule has 1 heterocycles. The molecule has 0 fully saturated rings. The zero-order valence-corrected chi connectivity index (χ0v) is 7.95. The predicted octanol–water partition coefficient (Wildman–Crippen LogP) is 1.43. The van der Waals surface area contributed by atoms with Crippen LogP contribution in [-0.4, -0.2) is 15.0 Å². The zero-order chi connectivity index (χ0) is 5.98. The summed E-state index contributed by atoms with van der Waals surface area (Å²) in [6, 6.07) is 0. The van der Waals surface area contributed by atoms with Gasteiger partial charge in [0.25, 0.3) is 0 Å². The van der Waals surface area contributed by atoms with Crippen LogP contribution in [-0.2, 0) is 18.6 Å². The fraction of sp³-hybridized carbons (Fsp3) is 0. The minimum atomic E-state index is 0. The first-order chi connectivity index (χ1) is 3.79. The van der Waals surface area contributed by atoms with Crippen LogP contribution >= 0.6 is 23.2 Å². The summed E-state index contributed by atoms with van der Waals surface area (Å²) in [4.78, 5) is 10.2. The van der Waals surface area contributed by atoms with Crippen molar-refractivity contribution in [2.75, 3.05) is 0 Å². The van der Waals surface area contributed by atoms with E-state index >= 15 is 0 Å². The maximum atomic E-state index is 5.27. The van der Waals surface area contributed by atoms with E-state index < -0.39 is 0 Å². The summed E-state index contributed by atoms with van der Waals surface area (Å²) in [5.41, 5.74) is 0. The number of rotatable bonds is 0. The average molecular weight is 215 g/mol. The van der Waals surface area contributed by atoms with Crippen molar-refractivity contribution in [2.24, 2.45) is 0 Å². The maximum absolute atomic E-state index is 5.27. The van der Waals surface area contributed by atoms with Gasteiger partial charge < -0.3 is 22.4 Å². The minimum Gasteiger partial charge on any atom is -0.358 e. The van der Waals surface area contributed by atoms with Crippen molar-refractivity contribution in [3.05, 3.63) is 24.3 Å². The van der Waals surface area contributed by atoms with E-state index in [1.807, 2.05) is 0 Å². The predicted molar refractivity (Wildman–Crippen MR) is 35.1 cm³/mol. The molecule has 10 heavy (non-hydrogen) atoms. The Hall–Kier alpha value is 0.174. The Kier molecular flexibility index (Phi) is 7.59. The Balaban J connectivity index is 0. The van der Waals surface area contributed by atoms with Gasteiger partial charge in [-0.1, -0.05) is 0 Å². The summed E-state index contributed by atoms with van der Waals surface area (Å²) in [6.07, 6.45) is 2.20. The van der Waals surface area contributed by atoms with Crippen LogP contribution in [0.25, 0.3) is 0 Å². The van der Waals surface area contributed by atoms with Gasteiger partial charge in [-0.2, -0.15) is 0 Å². The van der Waals surface area contributed by atoms with Gasteiger partial charge in [-0.05, 0) is 0 Å². The van der Waals surface area contributed by atoms with E-state index in [4.69, 9.17) is 23.2 Å². The SMILES string of the molecule is Clc1n[c-]nc(Cl)n1.[CH3-].[V+2]. The molecule has 1 radical (unpaired) electrons. The van der Waals surface area contributed by atoms with Crippen molar-refractivity contribution in [3.8, 4) is 0 Å². The Bertz CT molecular complexity index is 178. The molecular formula is C4H3Cl2N3V. The number of hydrogen-bond acceptors (Lipinski definition) is 3. The molecule has 1 aromatic rings. The molecule has 0 spiro atoms. The summed E-state index contributed by atoms with van der Waals surface area (Å²) >= 11 is 10.5. The van der Waals surface area contributed by atoms with Crippen LogP contribution in [0, 0.1) is 13.8 Å². The van der Waals surface area contributed by atoms with Crippen LogP contribution in [0.15, 0.2) is 0 Å². The van der Waals surface area contributed by atoms with Crippen LogP contribution in [0.1, 0.15) is 0 Å². The molecule has 0 aliphatic heterocycles. The summed E-state index contributed by atoms with van der Waals surface area (Å²) < 4.78 is 0. The van der Waals surface area contributed by atoms with E-state index in [0.717, 1.165) is 0 Å². The van der Waals surface area contributed by atoms with E-state index in [-0.39, 0.29) is 36.5 Å². The topological polar surface area (TPSA) is 38.7 Å². The standard InChI is InChI=1S/C3Cl2N3.CH3.V/c4-2-6-1-7-3(5)8-2;;/h;1H3;/q2*-1;+2. The van der Waals surface area contributed by atoms with Gasteiger partial charge in [0.2, 0.25) is 0 Å². The summed E-state index contributed by atoms with van der Waals surface area (Å²) in [7, 11) is 0. The van der Waals surface area contributed by atoms with Gasteiger partial charge >= 0.3 is 18.6 Å². The number of halogens is 2. The molecule has 0 saturated carbocycles. The van der Waals surface area contributed by atoms with Crippen molar-refractivity contribution in [1.29, 1.82) is 0 Å². The van der Waals surface area contributed by atoms with E-state index in [1.54, 1.807) is 0 Å². The molecule has 0 amide bonds. The average Bonchev–Trinajstić information content (AvgIpc) is 1.64. The number of hydrogen-bond donors (Lipinski definition) is 0. The van der Waals surface area contributed by atoms with Crippen LogP contribution in [0.2, 0.25) is 10.6 Å². The monoisotopic (exact) mass is 214 g/mol. The van der Waals surface area contributed by atoms with Gasteiger partial charge in [0.05, 0.1) is 0 Å². The normalized spacial score (nSPS) is 7.40. The van der Waals surface area contributed by atoms with Crippen molar-refractivity contribution >= 4 is 23.2 Å². The number of aromatic nitrogens is 3. The molecule has 0 atom stereocenters. The molecule has 53 valence electrons. The first-order valence-electron chi connectivity index (χ1n) is 1.72. The fourth-order valence-electron chi connectivity index (χ4n) is 0.234. The molecule has 0 bridgehead atoms. The molecule has 6 heteroatoms. The van der Waals surface area contributed by atoms with Gasteiger partial charge in [-0.3, -0.25) is 0 Å². The third-order valence-electron chi connectivity index (χ3n) is 0.469. The Labute approximate surface area is 81.1 Å². The largest absolute Gasteiger partial charge is 2.00 e.